The normalized spacial score (nSPS) is 28.4. The number of hydrogen-bond donors (Lipinski definition) is 2. The van der Waals surface area contributed by atoms with Crippen LogP contribution in [-0.2, 0) is 23.8 Å². The summed E-state index contributed by atoms with van der Waals surface area (Å²) < 4.78 is 17.0. The number of esters is 1. The Kier molecular flexibility index (Phi) is 10.2. The summed E-state index contributed by atoms with van der Waals surface area (Å²) in [5.41, 5.74) is 1.26. The van der Waals surface area contributed by atoms with Crippen LogP contribution in [0, 0.1) is 5.92 Å². The minimum absolute atomic E-state index is 0.142. The van der Waals surface area contributed by atoms with Gasteiger partial charge in [0.05, 0.1) is 26.0 Å². The average molecular weight is 615 g/mol. The molecule has 2 aliphatic carbocycles. The first-order valence-electron chi connectivity index (χ1n) is 15.7. The second kappa shape index (κ2) is 14.5. The summed E-state index contributed by atoms with van der Waals surface area (Å²) in [6.45, 7) is 6.79. The van der Waals surface area contributed by atoms with Crippen molar-refractivity contribution >= 4 is 29.3 Å². The Morgan fingerprint density at radius 1 is 1.20 bits per heavy atom. The number of carbonyl (C=O) groups is 3. The molecule has 2 fully saturated rings. The highest BCUT2D eigenvalue weighted by Gasteiger charge is 2.62. The van der Waals surface area contributed by atoms with E-state index in [0.29, 0.717) is 30.8 Å². The van der Waals surface area contributed by atoms with Crippen molar-refractivity contribution in [2.75, 3.05) is 26.8 Å². The van der Waals surface area contributed by atoms with Crippen molar-refractivity contribution in [3.05, 3.63) is 90.4 Å². The third-order valence-electron chi connectivity index (χ3n) is 8.37. The largest absolute Gasteiger partial charge is 0.497 e. The Bertz CT molecular complexity index is 1440. The van der Waals surface area contributed by atoms with Crippen LogP contribution in [0.2, 0.25) is 0 Å². The van der Waals surface area contributed by atoms with Crippen molar-refractivity contribution in [3.8, 4) is 0 Å². The van der Waals surface area contributed by atoms with Crippen molar-refractivity contribution in [3.63, 3.8) is 0 Å². The van der Waals surface area contributed by atoms with Crippen LogP contribution < -0.4 is 10.6 Å². The fourth-order valence-electron chi connectivity index (χ4n) is 5.93. The van der Waals surface area contributed by atoms with Gasteiger partial charge in [-0.3, -0.25) is 9.79 Å². The van der Waals surface area contributed by atoms with E-state index < -0.39 is 29.6 Å². The molecule has 10 heteroatoms. The first kappa shape index (κ1) is 31.8. The highest BCUT2D eigenvalue weighted by Crippen LogP contribution is 2.46. The van der Waals surface area contributed by atoms with Gasteiger partial charge in [0.25, 0.3) is 0 Å². The van der Waals surface area contributed by atoms with Gasteiger partial charge < -0.3 is 29.7 Å². The highest BCUT2D eigenvalue weighted by atomic mass is 16.5. The van der Waals surface area contributed by atoms with Gasteiger partial charge in [0.15, 0.2) is 0 Å². The number of aliphatic imine (C=N–C) groups is 1. The smallest absolute Gasteiger partial charge is 0.332 e. The number of amides is 3. The summed E-state index contributed by atoms with van der Waals surface area (Å²) >= 11 is 0. The average Bonchev–Trinajstić information content (AvgIpc) is 3.57. The second-order valence-corrected chi connectivity index (χ2v) is 11.6. The lowest BCUT2D eigenvalue weighted by Gasteiger charge is -2.26. The van der Waals surface area contributed by atoms with Crippen LogP contribution in [0.25, 0.3) is 5.70 Å². The second-order valence-electron chi connectivity index (χ2n) is 11.6. The van der Waals surface area contributed by atoms with E-state index in [0.717, 1.165) is 36.3 Å². The van der Waals surface area contributed by atoms with E-state index in [9.17, 15) is 14.4 Å². The van der Waals surface area contributed by atoms with Crippen LogP contribution in [-0.4, -0.2) is 73.0 Å². The van der Waals surface area contributed by atoms with E-state index in [1.807, 2.05) is 60.7 Å². The van der Waals surface area contributed by atoms with Crippen LogP contribution in [0.5, 0.6) is 0 Å². The van der Waals surface area contributed by atoms with Crippen LogP contribution in [0.15, 0.2) is 89.9 Å². The lowest BCUT2D eigenvalue weighted by Crippen LogP contribution is -2.54. The lowest BCUT2D eigenvalue weighted by atomic mass is 10.1. The number of hydrogen-bond acceptors (Lipinski definition) is 7. The molecule has 0 aromatic heterocycles. The number of fused-ring (bicyclic) bond motifs is 2. The Labute approximate surface area is 264 Å². The molecule has 3 amide bonds. The maximum absolute atomic E-state index is 13.7. The Hall–Kier alpha value is -4.60. The van der Waals surface area contributed by atoms with E-state index >= 15 is 0 Å². The Morgan fingerprint density at radius 3 is 2.80 bits per heavy atom. The molecule has 0 radical (unpaired) electrons. The molecule has 1 aromatic rings. The Morgan fingerprint density at radius 2 is 2.02 bits per heavy atom. The van der Waals surface area contributed by atoms with Crippen molar-refractivity contribution in [2.24, 2.45) is 10.9 Å². The van der Waals surface area contributed by atoms with Gasteiger partial charge in [-0.1, -0.05) is 55.1 Å². The fourth-order valence-corrected chi connectivity index (χ4v) is 5.93. The molecule has 1 aromatic carbocycles. The van der Waals surface area contributed by atoms with Gasteiger partial charge in [-0.05, 0) is 38.7 Å². The first-order chi connectivity index (χ1) is 21.8. The van der Waals surface area contributed by atoms with Gasteiger partial charge in [-0.15, -0.1) is 0 Å². The molecule has 1 saturated carbocycles. The molecule has 0 bridgehead atoms. The molecule has 0 spiro atoms. The summed E-state index contributed by atoms with van der Waals surface area (Å²) in [5, 5.41) is 5.91. The number of benzene rings is 1. The van der Waals surface area contributed by atoms with Gasteiger partial charge in [-0.2, -0.15) is 0 Å². The van der Waals surface area contributed by atoms with Crippen molar-refractivity contribution in [2.45, 2.75) is 63.1 Å². The molecule has 2 heterocycles. The van der Waals surface area contributed by atoms with Crippen LogP contribution in [0.1, 0.15) is 51.0 Å². The molecule has 4 atom stereocenters. The van der Waals surface area contributed by atoms with E-state index in [1.165, 1.54) is 4.90 Å². The molecular formula is C35H42N4O6. The van der Waals surface area contributed by atoms with E-state index in [2.05, 4.69) is 17.2 Å². The van der Waals surface area contributed by atoms with Crippen LogP contribution >= 0.6 is 0 Å². The van der Waals surface area contributed by atoms with E-state index in [1.54, 1.807) is 20.1 Å². The lowest BCUT2D eigenvalue weighted by molar-refractivity contribution is -0.149. The Balaban J connectivity index is 1.35. The molecule has 10 nitrogen and oxygen atoms in total. The third kappa shape index (κ3) is 7.74. The minimum atomic E-state index is -1.11. The minimum Gasteiger partial charge on any atom is -0.497 e. The van der Waals surface area contributed by atoms with Crippen molar-refractivity contribution in [1.82, 2.24) is 15.5 Å². The number of allylic oxidation sites excluding steroid dienone is 5. The summed E-state index contributed by atoms with van der Waals surface area (Å²) in [7, 11) is 1.62. The quantitative estimate of drug-likeness (QED) is 0.188. The predicted molar refractivity (Wildman–Crippen MR) is 172 cm³/mol. The summed E-state index contributed by atoms with van der Waals surface area (Å²) in [4.78, 5) is 46.4. The standard InChI is InChI=1S/C35H42N4O6/c1-4-44-33(41)35-22-26(35)15-10-5-6-11-18-36-34(42)39-23-29(21-31(39)32(40)38-35)45-24(2)19-30(25-13-8-7-9-14-25)37-27-16-12-17-28(20-27)43-3/h7-10,12-15,17,19-20,26,29,31H,2,4-6,11,16,18,21-23H2,1,3H3,(H,36,42)(H,38,40)/b15-10-,30-19-,37-27?/t26-,29-,31+,35-/m1/s1. The van der Waals surface area contributed by atoms with E-state index in [-0.39, 0.29) is 31.5 Å². The molecule has 5 rings (SSSR count). The number of nitrogens with zero attached hydrogens (tertiary/aromatic N) is 2. The fraction of sp³-hybridized carbons (Fsp3) is 0.429. The number of carbonyl (C=O) groups excluding carboxylic acids is 3. The number of rotatable bonds is 8. The topological polar surface area (TPSA) is 119 Å². The maximum atomic E-state index is 13.7. The van der Waals surface area contributed by atoms with Gasteiger partial charge >= 0.3 is 12.0 Å². The van der Waals surface area contributed by atoms with Gasteiger partial charge in [0.1, 0.15) is 29.2 Å². The van der Waals surface area contributed by atoms with Gasteiger partial charge in [0.2, 0.25) is 5.91 Å². The molecule has 1 saturated heterocycles. The number of ether oxygens (including phenoxy) is 3. The zero-order valence-corrected chi connectivity index (χ0v) is 26.0. The van der Waals surface area contributed by atoms with Crippen molar-refractivity contribution in [1.29, 1.82) is 0 Å². The zero-order chi connectivity index (χ0) is 31.8. The molecule has 0 unspecified atom stereocenters. The molecule has 2 N–H and O–H groups in total. The number of nitrogens with one attached hydrogen (secondary N) is 2. The summed E-state index contributed by atoms with van der Waals surface area (Å²) in [5.74, 6) is 0.0815. The zero-order valence-electron chi connectivity index (χ0n) is 26.0. The molecule has 45 heavy (non-hydrogen) atoms. The molecular weight excluding hydrogens is 572 g/mol. The predicted octanol–water partition coefficient (Wildman–Crippen LogP) is 4.82. The monoisotopic (exact) mass is 614 g/mol. The number of methoxy groups -OCH3 is 1. The third-order valence-corrected chi connectivity index (χ3v) is 8.37. The summed E-state index contributed by atoms with van der Waals surface area (Å²) in [6.07, 6.45) is 15.0. The summed E-state index contributed by atoms with van der Waals surface area (Å²) in [6, 6.07) is 8.56. The van der Waals surface area contributed by atoms with Crippen LogP contribution in [0.4, 0.5) is 4.79 Å². The SMILES string of the molecule is C=C(/C=C(\N=C1C=C(OC)C=CC1)c1ccccc1)O[C@@H]1C[C@H]2C(=O)N[C@]3(C(=O)OCC)C[C@H]3/C=C\CCCCNC(=O)N2C1. The van der Waals surface area contributed by atoms with Gasteiger partial charge in [-0.25, -0.2) is 9.59 Å². The van der Waals surface area contributed by atoms with Crippen molar-refractivity contribution < 1.29 is 28.6 Å². The molecule has 4 aliphatic rings. The first-order valence-corrected chi connectivity index (χ1v) is 15.7. The van der Waals surface area contributed by atoms with Gasteiger partial charge in [0, 0.05) is 48.7 Å². The number of urea groups is 1. The highest BCUT2D eigenvalue weighted by molar-refractivity contribution is 6.01. The maximum Gasteiger partial charge on any atom is 0.332 e. The van der Waals surface area contributed by atoms with E-state index in [4.69, 9.17) is 19.2 Å². The molecule has 2 aliphatic heterocycles. The molecule has 238 valence electrons. The van der Waals surface area contributed by atoms with Crippen LogP contribution in [0.3, 0.4) is 0 Å².